The van der Waals surface area contributed by atoms with E-state index in [0.29, 0.717) is 6.42 Å². The van der Waals surface area contributed by atoms with Crippen LogP contribution < -0.4 is 0 Å². The number of aryl methyl sites for hydroxylation is 1. The molecule has 3 heteroatoms. The number of methoxy groups -OCH3 is 1. The van der Waals surface area contributed by atoms with E-state index in [1.54, 1.807) is 12.1 Å². The normalized spacial score (nSPS) is 10.0. The fourth-order valence-corrected chi connectivity index (χ4v) is 1.35. The van der Waals surface area contributed by atoms with Gasteiger partial charge in [-0.3, -0.25) is 4.79 Å². The number of esters is 1. The van der Waals surface area contributed by atoms with Crippen LogP contribution in [-0.4, -0.2) is 13.1 Å². The number of carbonyl (C=O) groups excluding carboxylic acids is 1. The molecular formula is C12H15FO2. The Morgan fingerprint density at radius 2 is 1.93 bits per heavy atom. The van der Waals surface area contributed by atoms with E-state index in [1.165, 1.54) is 19.2 Å². The van der Waals surface area contributed by atoms with Gasteiger partial charge in [-0.1, -0.05) is 12.1 Å². The van der Waals surface area contributed by atoms with Crippen LogP contribution in [0, 0.1) is 5.82 Å². The zero-order chi connectivity index (χ0) is 11.1. The second-order valence-corrected chi connectivity index (χ2v) is 3.41. The Balaban J connectivity index is 2.20. The van der Waals surface area contributed by atoms with Crippen molar-refractivity contribution in [3.8, 4) is 0 Å². The standard InChI is InChI=1S/C12H15FO2/c1-15-12(14)5-3-2-4-10-6-8-11(13)9-7-10/h6-9H,2-5H2,1H3. The summed E-state index contributed by atoms with van der Waals surface area (Å²) >= 11 is 0. The van der Waals surface area contributed by atoms with E-state index >= 15 is 0 Å². The van der Waals surface area contributed by atoms with Crippen molar-refractivity contribution in [1.82, 2.24) is 0 Å². The summed E-state index contributed by atoms with van der Waals surface area (Å²) in [7, 11) is 1.39. The van der Waals surface area contributed by atoms with Crippen LogP contribution in [0.1, 0.15) is 24.8 Å². The molecule has 0 saturated heterocycles. The van der Waals surface area contributed by atoms with E-state index in [-0.39, 0.29) is 11.8 Å². The van der Waals surface area contributed by atoms with Crippen molar-refractivity contribution >= 4 is 5.97 Å². The van der Waals surface area contributed by atoms with Crippen LogP contribution in [0.3, 0.4) is 0 Å². The monoisotopic (exact) mass is 210 g/mol. The Bertz CT molecular complexity index is 306. The molecule has 0 amide bonds. The van der Waals surface area contributed by atoms with Crippen molar-refractivity contribution in [3.05, 3.63) is 35.6 Å². The summed E-state index contributed by atoms with van der Waals surface area (Å²) in [6, 6.07) is 6.45. The average molecular weight is 210 g/mol. The van der Waals surface area contributed by atoms with Gasteiger partial charge in [0.25, 0.3) is 0 Å². The third kappa shape index (κ3) is 4.58. The van der Waals surface area contributed by atoms with Gasteiger partial charge < -0.3 is 4.74 Å². The predicted octanol–water partition coefficient (Wildman–Crippen LogP) is 2.71. The first-order chi connectivity index (χ1) is 7.22. The molecule has 0 bridgehead atoms. The Labute approximate surface area is 89.1 Å². The van der Waals surface area contributed by atoms with Crippen molar-refractivity contribution in [2.24, 2.45) is 0 Å². The lowest BCUT2D eigenvalue weighted by atomic mass is 10.1. The molecule has 0 spiro atoms. The summed E-state index contributed by atoms with van der Waals surface area (Å²) in [6.07, 6.45) is 3.06. The van der Waals surface area contributed by atoms with Gasteiger partial charge in [0.2, 0.25) is 0 Å². The number of rotatable bonds is 5. The lowest BCUT2D eigenvalue weighted by Crippen LogP contribution is -1.99. The molecule has 0 aliphatic rings. The highest BCUT2D eigenvalue weighted by atomic mass is 19.1. The van der Waals surface area contributed by atoms with Crippen molar-refractivity contribution in [2.45, 2.75) is 25.7 Å². The van der Waals surface area contributed by atoms with Gasteiger partial charge in [-0.25, -0.2) is 4.39 Å². The topological polar surface area (TPSA) is 26.3 Å². The summed E-state index contributed by atoms with van der Waals surface area (Å²) in [5.41, 5.74) is 1.10. The number of carbonyl (C=O) groups is 1. The number of benzene rings is 1. The zero-order valence-corrected chi connectivity index (χ0v) is 8.83. The lowest BCUT2D eigenvalue weighted by molar-refractivity contribution is -0.140. The van der Waals surface area contributed by atoms with E-state index in [9.17, 15) is 9.18 Å². The smallest absolute Gasteiger partial charge is 0.305 e. The van der Waals surface area contributed by atoms with Crippen molar-refractivity contribution in [3.63, 3.8) is 0 Å². The molecule has 0 unspecified atom stereocenters. The fourth-order valence-electron chi connectivity index (χ4n) is 1.35. The third-order valence-electron chi connectivity index (χ3n) is 2.24. The SMILES string of the molecule is COC(=O)CCCCc1ccc(F)cc1. The third-order valence-corrected chi connectivity index (χ3v) is 2.24. The summed E-state index contributed by atoms with van der Waals surface area (Å²) in [6.45, 7) is 0. The first kappa shape index (κ1) is 11.7. The molecule has 2 nitrogen and oxygen atoms in total. The molecule has 0 atom stereocenters. The van der Waals surface area contributed by atoms with E-state index in [4.69, 9.17) is 0 Å². The van der Waals surface area contributed by atoms with E-state index < -0.39 is 0 Å². The van der Waals surface area contributed by atoms with Gasteiger partial charge >= 0.3 is 5.97 Å². The number of hydrogen-bond acceptors (Lipinski definition) is 2. The van der Waals surface area contributed by atoms with Gasteiger partial charge in [-0.15, -0.1) is 0 Å². The molecule has 0 heterocycles. The minimum atomic E-state index is -0.215. The minimum Gasteiger partial charge on any atom is -0.469 e. The summed E-state index contributed by atoms with van der Waals surface area (Å²) < 4.78 is 17.1. The Kier molecular flexibility index (Phi) is 4.81. The first-order valence-electron chi connectivity index (χ1n) is 5.03. The average Bonchev–Trinajstić information content (AvgIpc) is 2.26. The molecule has 0 aromatic heterocycles. The Morgan fingerprint density at radius 1 is 1.27 bits per heavy atom. The fraction of sp³-hybridized carbons (Fsp3) is 0.417. The van der Waals surface area contributed by atoms with Crippen LogP contribution in [0.4, 0.5) is 4.39 Å². The summed E-state index contributed by atoms with van der Waals surface area (Å²) in [4.78, 5) is 10.8. The predicted molar refractivity (Wildman–Crippen MR) is 56.0 cm³/mol. The number of hydrogen-bond donors (Lipinski definition) is 0. The van der Waals surface area contributed by atoms with Crippen LogP contribution in [0.15, 0.2) is 24.3 Å². The molecule has 0 N–H and O–H groups in total. The highest BCUT2D eigenvalue weighted by Crippen LogP contribution is 2.08. The number of ether oxygens (including phenoxy) is 1. The maximum atomic E-state index is 12.6. The number of unbranched alkanes of at least 4 members (excludes halogenated alkanes) is 1. The van der Waals surface area contributed by atoms with Crippen LogP contribution in [0.2, 0.25) is 0 Å². The van der Waals surface area contributed by atoms with Crippen LogP contribution in [-0.2, 0) is 16.0 Å². The Morgan fingerprint density at radius 3 is 2.53 bits per heavy atom. The van der Waals surface area contributed by atoms with Crippen molar-refractivity contribution < 1.29 is 13.9 Å². The highest BCUT2D eigenvalue weighted by Gasteiger charge is 2.00. The molecule has 1 aromatic rings. The Hall–Kier alpha value is -1.38. The summed E-state index contributed by atoms with van der Waals surface area (Å²) in [5.74, 6) is -0.387. The number of halogens is 1. The van der Waals surface area contributed by atoms with Crippen LogP contribution in [0.25, 0.3) is 0 Å². The van der Waals surface area contributed by atoms with Gasteiger partial charge in [-0.05, 0) is 37.0 Å². The van der Waals surface area contributed by atoms with Crippen LogP contribution in [0.5, 0.6) is 0 Å². The van der Waals surface area contributed by atoms with E-state index in [2.05, 4.69) is 4.74 Å². The zero-order valence-electron chi connectivity index (χ0n) is 8.83. The highest BCUT2D eigenvalue weighted by molar-refractivity contribution is 5.68. The molecule has 0 aliphatic carbocycles. The minimum absolute atomic E-state index is 0.172. The van der Waals surface area contributed by atoms with E-state index in [0.717, 1.165) is 24.8 Å². The first-order valence-corrected chi connectivity index (χ1v) is 5.03. The molecule has 0 radical (unpaired) electrons. The van der Waals surface area contributed by atoms with Gasteiger partial charge in [0.05, 0.1) is 7.11 Å². The molecule has 0 fully saturated rings. The quantitative estimate of drug-likeness (QED) is 0.551. The molecule has 0 aliphatic heterocycles. The molecule has 15 heavy (non-hydrogen) atoms. The second-order valence-electron chi connectivity index (χ2n) is 3.41. The van der Waals surface area contributed by atoms with Crippen LogP contribution >= 0.6 is 0 Å². The molecule has 0 saturated carbocycles. The maximum Gasteiger partial charge on any atom is 0.305 e. The van der Waals surface area contributed by atoms with Gasteiger partial charge in [-0.2, -0.15) is 0 Å². The van der Waals surface area contributed by atoms with Gasteiger partial charge in [0.1, 0.15) is 5.82 Å². The molecule has 1 rings (SSSR count). The summed E-state index contributed by atoms with van der Waals surface area (Å²) in [5, 5.41) is 0. The molecule has 1 aromatic carbocycles. The largest absolute Gasteiger partial charge is 0.469 e. The van der Waals surface area contributed by atoms with Crippen molar-refractivity contribution in [1.29, 1.82) is 0 Å². The van der Waals surface area contributed by atoms with Gasteiger partial charge in [0, 0.05) is 6.42 Å². The van der Waals surface area contributed by atoms with E-state index in [1.807, 2.05) is 0 Å². The van der Waals surface area contributed by atoms with Gasteiger partial charge in [0.15, 0.2) is 0 Å². The lowest BCUT2D eigenvalue weighted by Gasteiger charge is -2.01. The maximum absolute atomic E-state index is 12.6. The van der Waals surface area contributed by atoms with Crippen molar-refractivity contribution in [2.75, 3.05) is 7.11 Å². The molecular weight excluding hydrogens is 195 g/mol. The second kappa shape index (κ2) is 6.17. The molecule has 82 valence electrons.